The van der Waals surface area contributed by atoms with Crippen molar-refractivity contribution in [1.82, 2.24) is 24.5 Å². The minimum absolute atomic E-state index is 0.00124. The molecule has 0 spiro atoms. The summed E-state index contributed by atoms with van der Waals surface area (Å²) in [5.41, 5.74) is 5.70. The molecule has 60 heavy (non-hydrogen) atoms. The van der Waals surface area contributed by atoms with Gasteiger partial charge in [-0.3, -0.25) is 24.7 Å². The lowest BCUT2D eigenvalue weighted by atomic mass is 9.72. The summed E-state index contributed by atoms with van der Waals surface area (Å²) >= 11 is 6.24. The van der Waals surface area contributed by atoms with Gasteiger partial charge in [0.25, 0.3) is 21.6 Å². The summed E-state index contributed by atoms with van der Waals surface area (Å²) in [6.45, 7) is 11.1. The van der Waals surface area contributed by atoms with Crippen LogP contribution in [0.2, 0.25) is 5.02 Å². The molecule has 3 aromatic carbocycles. The summed E-state index contributed by atoms with van der Waals surface area (Å²) in [7, 11) is -4.55. The summed E-state index contributed by atoms with van der Waals surface area (Å²) in [4.78, 5) is 38.9. The number of hydrogen-bond acceptors (Lipinski definition) is 11. The smallest absolute Gasteiger partial charge is 0.274 e. The van der Waals surface area contributed by atoms with Crippen LogP contribution in [0.5, 0.6) is 11.5 Å². The predicted molar refractivity (Wildman–Crippen MR) is 231 cm³/mol. The van der Waals surface area contributed by atoms with Crippen molar-refractivity contribution in [2.45, 2.75) is 44.6 Å². The van der Waals surface area contributed by atoms with E-state index in [4.69, 9.17) is 21.1 Å². The van der Waals surface area contributed by atoms with Gasteiger partial charge < -0.3 is 19.4 Å². The number of nitro groups is 1. The number of allylic oxidation sites excluding steroid dienone is 1. The molecule has 16 heteroatoms. The highest BCUT2D eigenvalue weighted by molar-refractivity contribution is 7.90. The summed E-state index contributed by atoms with van der Waals surface area (Å²) in [5.74, 6) is -0.700. The first-order chi connectivity index (χ1) is 28.8. The van der Waals surface area contributed by atoms with Crippen LogP contribution in [0, 0.1) is 15.5 Å². The molecule has 314 valence electrons. The third-order valence-corrected chi connectivity index (χ3v) is 13.2. The zero-order valence-corrected chi connectivity index (χ0v) is 35.2. The van der Waals surface area contributed by atoms with E-state index in [0.717, 1.165) is 61.1 Å². The van der Waals surface area contributed by atoms with Crippen molar-refractivity contribution >= 4 is 55.5 Å². The van der Waals surface area contributed by atoms with E-state index in [1.807, 2.05) is 23.1 Å². The van der Waals surface area contributed by atoms with Crippen molar-refractivity contribution in [2.75, 3.05) is 63.9 Å². The van der Waals surface area contributed by atoms with Crippen LogP contribution in [0.1, 0.15) is 54.6 Å². The number of pyridine rings is 1. The molecule has 2 saturated heterocycles. The molecule has 0 radical (unpaired) electrons. The number of amides is 1. The number of morpholine rings is 1. The number of nitrogens with one attached hydrogen (secondary N) is 2. The van der Waals surface area contributed by atoms with Crippen molar-refractivity contribution in [3.63, 3.8) is 0 Å². The maximum Gasteiger partial charge on any atom is 0.274 e. The van der Waals surface area contributed by atoms with Gasteiger partial charge in [-0.1, -0.05) is 49.2 Å². The molecule has 0 bridgehead atoms. The van der Waals surface area contributed by atoms with E-state index in [0.29, 0.717) is 62.9 Å². The highest BCUT2D eigenvalue weighted by Crippen LogP contribution is 2.43. The van der Waals surface area contributed by atoms with Gasteiger partial charge in [-0.15, -0.1) is 0 Å². The number of benzene rings is 3. The molecule has 1 aliphatic carbocycles. The lowest BCUT2D eigenvalue weighted by Gasteiger charge is -2.39. The number of hydrogen-bond donors (Lipinski definition) is 2. The SMILES string of the molecule is CC1(C)CCC(CN2CCN(c3ccc(S(=O)(=O)NC(=O)c4ccc(CN5CCOCC5)c([N+](=O)[O-])c4)c(Oc4cnc5[nH]ccc5c4)c3)CC2)=C(c2ccc(Cl)cc2)C1. The zero-order chi connectivity index (χ0) is 42.0. The Balaban J connectivity index is 1.02. The first-order valence-electron chi connectivity index (χ1n) is 20.1. The molecule has 4 heterocycles. The highest BCUT2D eigenvalue weighted by Gasteiger charge is 2.31. The van der Waals surface area contributed by atoms with Gasteiger partial charge in [0.05, 0.1) is 24.3 Å². The summed E-state index contributed by atoms with van der Waals surface area (Å²) in [5, 5.41) is 13.6. The number of sulfonamides is 1. The van der Waals surface area contributed by atoms with Crippen molar-refractivity contribution in [3.05, 3.63) is 123 Å². The number of anilines is 1. The van der Waals surface area contributed by atoms with E-state index in [2.05, 4.69) is 50.5 Å². The Labute approximate surface area is 354 Å². The molecule has 3 aliphatic rings. The predicted octanol–water partition coefficient (Wildman–Crippen LogP) is 7.65. The number of halogens is 1. The topological polar surface area (TPSA) is 163 Å². The Hall–Kier alpha value is -5.32. The third kappa shape index (κ3) is 9.50. The van der Waals surface area contributed by atoms with Crippen LogP contribution in [0.4, 0.5) is 11.4 Å². The maximum absolute atomic E-state index is 14.0. The molecule has 8 rings (SSSR count). The molecular formula is C44H48ClN7O7S. The summed E-state index contributed by atoms with van der Waals surface area (Å²) < 4.78 is 41.9. The quantitative estimate of drug-likeness (QED) is 0.0936. The first kappa shape index (κ1) is 41.4. The second kappa shape index (κ2) is 17.3. The van der Waals surface area contributed by atoms with Gasteiger partial charge in [-0.2, -0.15) is 0 Å². The van der Waals surface area contributed by atoms with E-state index < -0.39 is 20.9 Å². The van der Waals surface area contributed by atoms with Crippen molar-refractivity contribution in [2.24, 2.45) is 5.41 Å². The molecule has 0 atom stereocenters. The minimum Gasteiger partial charge on any atom is -0.454 e. The molecule has 2 aromatic heterocycles. The van der Waals surface area contributed by atoms with Gasteiger partial charge >= 0.3 is 0 Å². The van der Waals surface area contributed by atoms with Gasteiger partial charge in [0, 0.05) is 97.9 Å². The fraction of sp³-hybridized carbons (Fsp3) is 0.364. The molecule has 2 N–H and O–H groups in total. The number of rotatable bonds is 12. The Kier molecular flexibility index (Phi) is 12.0. The number of H-pyrrole nitrogens is 1. The lowest BCUT2D eigenvalue weighted by molar-refractivity contribution is -0.385. The molecule has 0 unspecified atom stereocenters. The fourth-order valence-corrected chi connectivity index (χ4v) is 9.45. The Morgan fingerprint density at radius 2 is 1.72 bits per heavy atom. The number of carbonyl (C=O) groups excluding carboxylic acids is 1. The number of aromatic nitrogens is 2. The normalized spacial score (nSPS) is 17.8. The standard InChI is InChI=1S/C44H48ClN7O7S/c1-44(2)13-11-33(38(26-44)30-5-7-35(45)8-6-30)28-49-15-17-51(18-16-49)36-9-10-41(40(25-36)59-37-23-31-12-14-46-42(31)47-27-37)60(56,57)48-43(53)32-3-4-34(39(24-32)52(54)55)29-50-19-21-58-22-20-50/h3-10,12,14,23-25,27H,11,13,15-22,26,28-29H2,1-2H3,(H,46,47)(H,48,53). The number of carbonyl (C=O) groups is 1. The molecule has 2 aliphatic heterocycles. The Bertz CT molecular complexity index is 2550. The van der Waals surface area contributed by atoms with Crippen LogP contribution < -0.4 is 14.4 Å². The van der Waals surface area contributed by atoms with Crippen molar-refractivity contribution < 1.29 is 27.6 Å². The van der Waals surface area contributed by atoms with Crippen LogP contribution in [0.15, 0.2) is 95.7 Å². The zero-order valence-electron chi connectivity index (χ0n) is 33.7. The fourth-order valence-electron chi connectivity index (χ4n) is 8.24. The van der Waals surface area contributed by atoms with Gasteiger partial charge in [0.1, 0.15) is 22.0 Å². The van der Waals surface area contributed by atoms with E-state index in [9.17, 15) is 23.3 Å². The lowest BCUT2D eigenvalue weighted by Crippen LogP contribution is -2.47. The van der Waals surface area contributed by atoms with E-state index in [1.165, 1.54) is 41.1 Å². The van der Waals surface area contributed by atoms with E-state index in [-0.39, 0.29) is 27.3 Å². The average Bonchev–Trinajstić information content (AvgIpc) is 3.70. The Morgan fingerprint density at radius 3 is 2.47 bits per heavy atom. The first-order valence-corrected chi connectivity index (χ1v) is 22.0. The van der Waals surface area contributed by atoms with Crippen LogP contribution >= 0.6 is 11.6 Å². The molecule has 5 aromatic rings. The van der Waals surface area contributed by atoms with Gasteiger partial charge in [0.15, 0.2) is 0 Å². The number of piperazine rings is 1. The molecule has 2 fully saturated rings. The summed E-state index contributed by atoms with van der Waals surface area (Å²) in [6.07, 6.45) is 6.42. The average molecular weight is 854 g/mol. The van der Waals surface area contributed by atoms with Gasteiger partial charge in [-0.05, 0) is 78.3 Å². The minimum atomic E-state index is -4.55. The van der Waals surface area contributed by atoms with Crippen molar-refractivity contribution in [3.8, 4) is 11.5 Å². The maximum atomic E-state index is 14.0. The number of ether oxygens (including phenoxy) is 2. The molecular weight excluding hydrogens is 806 g/mol. The number of nitro benzene ring substituents is 1. The highest BCUT2D eigenvalue weighted by atomic mass is 35.5. The van der Waals surface area contributed by atoms with Crippen LogP contribution in [0.3, 0.4) is 0 Å². The van der Waals surface area contributed by atoms with Crippen LogP contribution in [-0.2, 0) is 21.3 Å². The largest absolute Gasteiger partial charge is 0.454 e. The third-order valence-electron chi connectivity index (χ3n) is 11.6. The number of fused-ring (bicyclic) bond motifs is 1. The Morgan fingerprint density at radius 1 is 0.967 bits per heavy atom. The van der Waals surface area contributed by atoms with Crippen molar-refractivity contribution in [1.29, 1.82) is 0 Å². The summed E-state index contributed by atoms with van der Waals surface area (Å²) in [6, 6.07) is 20.6. The van der Waals surface area contributed by atoms with Gasteiger partial charge in [0.2, 0.25) is 0 Å². The second-order valence-electron chi connectivity index (χ2n) is 16.4. The molecule has 1 amide bonds. The molecule has 14 nitrogen and oxygen atoms in total. The van der Waals surface area contributed by atoms with Crippen LogP contribution in [-0.4, -0.2) is 98.0 Å². The molecule has 0 saturated carbocycles. The van der Waals surface area contributed by atoms with E-state index >= 15 is 0 Å². The monoisotopic (exact) mass is 853 g/mol. The van der Waals surface area contributed by atoms with E-state index in [1.54, 1.807) is 24.4 Å². The second-order valence-corrected chi connectivity index (χ2v) is 18.5. The van der Waals surface area contributed by atoms with Crippen LogP contribution in [0.25, 0.3) is 16.6 Å². The number of nitrogens with zero attached hydrogens (tertiary/aromatic N) is 5. The van der Waals surface area contributed by atoms with Gasteiger partial charge in [-0.25, -0.2) is 18.1 Å². The number of aromatic amines is 1.